The summed E-state index contributed by atoms with van der Waals surface area (Å²) < 4.78 is 2.07. The molecule has 0 radical (unpaired) electrons. The number of fused-ring (bicyclic) bond motifs is 3. The normalized spacial score (nSPS) is 11.1. The molecule has 1 heterocycles. The third-order valence-electron chi connectivity index (χ3n) is 9.64. The molecule has 0 saturated heterocycles. The lowest BCUT2D eigenvalue weighted by atomic mass is 10.0. The van der Waals surface area contributed by atoms with Crippen LogP contribution in [0.25, 0.3) is 38.6 Å². The van der Waals surface area contributed by atoms with E-state index in [1.165, 1.54) is 20.7 Å². The van der Waals surface area contributed by atoms with Crippen molar-refractivity contribution in [1.29, 1.82) is 15.8 Å². The van der Waals surface area contributed by atoms with Crippen LogP contribution in [0.2, 0.25) is 0 Å². The third-order valence-corrected chi connectivity index (χ3v) is 14.5. The van der Waals surface area contributed by atoms with E-state index in [1.54, 1.807) is 12.1 Å². The Hall–Kier alpha value is -6.97. The summed E-state index contributed by atoms with van der Waals surface area (Å²) in [4.78, 5) is 0. The second-order valence-corrected chi connectivity index (χ2v) is 16.0. The Labute approximate surface area is 291 Å². The van der Waals surface area contributed by atoms with Crippen molar-refractivity contribution in [3.05, 3.63) is 187 Å². The summed E-state index contributed by atoms with van der Waals surface area (Å²) in [5, 5.41) is 36.8. The summed E-state index contributed by atoms with van der Waals surface area (Å²) in [6, 6.07) is 65.4. The van der Waals surface area contributed by atoms with Gasteiger partial charge in [-0.2, -0.15) is 15.8 Å². The molecular weight excluding hydrogens is 625 g/mol. The van der Waals surface area contributed by atoms with Gasteiger partial charge < -0.3 is 4.57 Å². The molecule has 0 fully saturated rings. The van der Waals surface area contributed by atoms with Gasteiger partial charge in [-0.3, -0.25) is 0 Å². The standard InChI is InChI=1S/C45H28N4Si/c46-29-32-20-23-43-40(26-32)41-27-33(30-47)21-24-44(41)49(43)42-25-22-34(28-35(42)31-48)39-18-10-11-19-45(39)50(36-12-4-1-5-13-36,37-14-6-2-7-15-37)38-16-8-3-9-17-38/h1-28H. The first kappa shape index (κ1) is 30.4. The molecule has 0 amide bonds. The Morgan fingerprint density at radius 3 is 1.40 bits per heavy atom. The monoisotopic (exact) mass is 652 g/mol. The molecule has 8 rings (SSSR count). The van der Waals surface area contributed by atoms with Crippen molar-refractivity contribution in [3.63, 3.8) is 0 Å². The summed E-state index contributed by atoms with van der Waals surface area (Å²) >= 11 is 0. The summed E-state index contributed by atoms with van der Waals surface area (Å²) in [6.07, 6.45) is 0. The molecule has 50 heavy (non-hydrogen) atoms. The zero-order chi connectivity index (χ0) is 34.1. The van der Waals surface area contributed by atoms with Gasteiger partial charge in [0, 0.05) is 10.8 Å². The summed E-state index contributed by atoms with van der Waals surface area (Å²) in [7, 11) is -2.85. The molecule has 1 aromatic heterocycles. The van der Waals surface area contributed by atoms with Gasteiger partial charge in [-0.25, -0.2) is 0 Å². The summed E-state index contributed by atoms with van der Waals surface area (Å²) in [5.74, 6) is 0. The van der Waals surface area contributed by atoms with Crippen LogP contribution < -0.4 is 20.7 Å². The van der Waals surface area contributed by atoms with Gasteiger partial charge in [-0.15, -0.1) is 0 Å². The largest absolute Gasteiger partial charge is 0.308 e. The van der Waals surface area contributed by atoms with Gasteiger partial charge >= 0.3 is 0 Å². The molecular formula is C45H28N4Si. The Kier molecular flexibility index (Phi) is 7.63. The van der Waals surface area contributed by atoms with Crippen molar-refractivity contribution in [2.24, 2.45) is 0 Å². The topological polar surface area (TPSA) is 76.3 Å². The van der Waals surface area contributed by atoms with Gasteiger partial charge in [0.1, 0.15) is 6.07 Å². The lowest BCUT2D eigenvalue weighted by Crippen LogP contribution is -2.75. The first-order valence-electron chi connectivity index (χ1n) is 16.4. The average molecular weight is 653 g/mol. The smallest absolute Gasteiger partial charge is 0.180 e. The summed E-state index contributed by atoms with van der Waals surface area (Å²) in [6.45, 7) is 0. The van der Waals surface area contributed by atoms with Crippen molar-refractivity contribution < 1.29 is 0 Å². The molecule has 0 saturated carbocycles. The van der Waals surface area contributed by atoms with E-state index in [9.17, 15) is 15.8 Å². The van der Waals surface area contributed by atoms with Gasteiger partial charge in [0.25, 0.3) is 0 Å². The third kappa shape index (κ3) is 4.80. The maximum atomic E-state index is 10.7. The Morgan fingerprint density at radius 2 is 0.920 bits per heavy atom. The van der Waals surface area contributed by atoms with Crippen molar-refractivity contribution in [1.82, 2.24) is 4.57 Å². The predicted molar refractivity (Wildman–Crippen MR) is 204 cm³/mol. The minimum absolute atomic E-state index is 0.524. The second kappa shape index (κ2) is 12.6. The van der Waals surface area contributed by atoms with Crippen LogP contribution in [0.5, 0.6) is 0 Å². The van der Waals surface area contributed by atoms with E-state index in [4.69, 9.17) is 0 Å². The fraction of sp³-hybridized carbons (Fsp3) is 0. The van der Waals surface area contributed by atoms with Gasteiger partial charge in [-0.05, 0) is 80.4 Å². The van der Waals surface area contributed by atoms with Gasteiger partial charge in [0.15, 0.2) is 8.07 Å². The van der Waals surface area contributed by atoms with Crippen molar-refractivity contribution in [2.75, 3.05) is 0 Å². The Balaban J connectivity index is 1.39. The lowest BCUT2D eigenvalue weighted by molar-refractivity contribution is 1.17. The predicted octanol–water partition coefficient (Wildman–Crippen LogP) is 7.44. The number of nitriles is 3. The van der Waals surface area contributed by atoms with Crippen LogP contribution >= 0.6 is 0 Å². The number of nitrogens with zero attached hydrogens (tertiary/aromatic N) is 4. The highest BCUT2D eigenvalue weighted by Crippen LogP contribution is 2.35. The number of rotatable bonds is 6. The lowest BCUT2D eigenvalue weighted by Gasteiger charge is -2.36. The highest BCUT2D eigenvalue weighted by atomic mass is 28.3. The molecule has 7 aromatic carbocycles. The highest BCUT2D eigenvalue weighted by Gasteiger charge is 2.42. The molecule has 8 aromatic rings. The molecule has 0 bridgehead atoms. The fourth-order valence-corrected chi connectivity index (χ4v) is 12.5. The zero-order valence-electron chi connectivity index (χ0n) is 27.0. The maximum Gasteiger partial charge on any atom is 0.180 e. The SMILES string of the molecule is N#Cc1ccc2c(c1)c1cc(C#N)ccc1n2-c1ccc(-c2ccccc2[Si](c2ccccc2)(c2ccccc2)c2ccccc2)cc1C#N. The molecule has 232 valence electrons. The van der Waals surface area contributed by atoms with Crippen LogP contribution in [-0.2, 0) is 0 Å². The van der Waals surface area contributed by atoms with Crippen molar-refractivity contribution >= 4 is 50.6 Å². The first-order valence-corrected chi connectivity index (χ1v) is 18.4. The number of aromatic nitrogens is 1. The molecule has 0 aliphatic rings. The van der Waals surface area contributed by atoms with Crippen LogP contribution in [-0.4, -0.2) is 12.6 Å². The average Bonchev–Trinajstić information content (AvgIpc) is 3.52. The molecule has 5 heteroatoms. The van der Waals surface area contributed by atoms with Crippen LogP contribution in [0.3, 0.4) is 0 Å². The quantitative estimate of drug-likeness (QED) is 0.138. The molecule has 0 atom stereocenters. The first-order chi connectivity index (χ1) is 24.7. The maximum absolute atomic E-state index is 10.7. The molecule has 0 aliphatic carbocycles. The van der Waals surface area contributed by atoms with Crippen LogP contribution in [0.4, 0.5) is 0 Å². The minimum atomic E-state index is -2.85. The van der Waals surface area contributed by atoms with E-state index in [0.29, 0.717) is 16.7 Å². The van der Waals surface area contributed by atoms with E-state index in [-0.39, 0.29) is 0 Å². The molecule has 0 spiro atoms. The van der Waals surface area contributed by atoms with Gasteiger partial charge in [0.2, 0.25) is 0 Å². The van der Waals surface area contributed by atoms with Gasteiger partial charge in [0.05, 0.1) is 45.5 Å². The highest BCUT2D eigenvalue weighted by molar-refractivity contribution is 7.20. The van der Waals surface area contributed by atoms with Gasteiger partial charge in [-0.1, -0.05) is 121 Å². The van der Waals surface area contributed by atoms with E-state index >= 15 is 0 Å². The number of hydrogen-bond acceptors (Lipinski definition) is 3. The van der Waals surface area contributed by atoms with E-state index < -0.39 is 8.07 Å². The summed E-state index contributed by atoms with van der Waals surface area (Å²) in [5.41, 5.74) is 6.10. The second-order valence-electron chi connectivity index (χ2n) is 12.3. The molecule has 4 nitrogen and oxygen atoms in total. The molecule has 0 unspecified atom stereocenters. The zero-order valence-corrected chi connectivity index (χ0v) is 28.0. The van der Waals surface area contributed by atoms with E-state index in [1.807, 2.05) is 36.4 Å². The van der Waals surface area contributed by atoms with Crippen LogP contribution in [0.1, 0.15) is 16.7 Å². The van der Waals surface area contributed by atoms with E-state index in [0.717, 1.165) is 38.6 Å². The van der Waals surface area contributed by atoms with Crippen LogP contribution in [0.15, 0.2) is 170 Å². The van der Waals surface area contributed by atoms with Crippen molar-refractivity contribution in [2.45, 2.75) is 0 Å². The Bertz CT molecular complexity index is 2510. The van der Waals surface area contributed by atoms with E-state index in [2.05, 4.69) is 144 Å². The molecule has 0 N–H and O–H groups in total. The fourth-order valence-electron chi connectivity index (χ4n) is 7.50. The Morgan fingerprint density at radius 1 is 0.440 bits per heavy atom. The molecule has 0 aliphatic heterocycles. The minimum Gasteiger partial charge on any atom is -0.308 e. The van der Waals surface area contributed by atoms with Crippen LogP contribution in [0, 0.1) is 34.0 Å². The van der Waals surface area contributed by atoms with Crippen molar-refractivity contribution in [3.8, 4) is 35.0 Å². The number of hydrogen-bond donors (Lipinski definition) is 0. The number of benzene rings is 7.